The number of H-pyrrole nitrogens is 1. The highest BCUT2D eigenvalue weighted by Crippen LogP contribution is 2.30. The molecule has 31 heavy (non-hydrogen) atoms. The van der Waals surface area contributed by atoms with Gasteiger partial charge in [0.2, 0.25) is 10.0 Å². The second kappa shape index (κ2) is 8.60. The number of anilines is 1. The fraction of sp³-hybridized carbons (Fsp3) is 0.273. The normalized spacial score (nSPS) is 15.7. The van der Waals surface area contributed by atoms with Crippen molar-refractivity contribution in [1.29, 1.82) is 0 Å². The van der Waals surface area contributed by atoms with Crippen LogP contribution in [0.25, 0.3) is 0 Å². The van der Waals surface area contributed by atoms with E-state index in [2.05, 4.69) is 10.2 Å². The van der Waals surface area contributed by atoms with Crippen molar-refractivity contribution in [2.75, 3.05) is 25.0 Å². The number of amides is 1. The molecule has 0 atom stereocenters. The van der Waals surface area contributed by atoms with E-state index in [1.807, 2.05) is 30.3 Å². The summed E-state index contributed by atoms with van der Waals surface area (Å²) in [6.45, 7) is 0.688. The Morgan fingerprint density at radius 3 is 2.39 bits per heavy atom. The Balaban J connectivity index is 1.41. The summed E-state index contributed by atoms with van der Waals surface area (Å²) in [5, 5.41) is 7.13. The summed E-state index contributed by atoms with van der Waals surface area (Å²) in [4.78, 5) is 14.4. The zero-order chi connectivity index (χ0) is 22.0. The summed E-state index contributed by atoms with van der Waals surface area (Å²) in [7, 11) is -1.96. The molecule has 0 aliphatic carbocycles. The lowest BCUT2D eigenvalue weighted by atomic mass is 9.94. The first kappa shape index (κ1) is 21.2. The number of hydrogen-bond donors (Lipinski definition) is 1. The molecule has 0 radical (unpaired) electrons. The van der Waals surface area contributed by atoms with Crippen LogP contribution in [-0.2, 0) is 10.0 Å². The summed E-state index contributed by atoms with van der Waals surface area (Å²) in [5.41, 5.74) is 1.92. The minimum atomic E-state index is -3.65. The van der Waals surface area contributed by atoms with Gasteiger partial charge < -0.3 is 4.90 Å². The summed E-state index contributed by atoms with van der Waals surface area (Å²) in [6.07, 6.45) is 1.20. The number of sulfonamides is 1. The topological polar surface area (TPSA) is 86.4 Å². The Kier molecular flexibility index (Phi) is 5.88. The van der Waals surface area contributed by atoms with E-state index in [0.717, 1.165) is 23.5 Å². The van der Waals surface area contributed by atoms with Crippen LogP contribution >= 0.6 is 0 Å². The van der Waals surface area contributed by atoms with Crippen molar-refractivity contribution in [3.63, 3.8) is 0 Å². The van der Waals surface area contributed by atoms with Crippen LogP contribution in [0, 0.1) is 5.82 Å². The van der Waals surface area contributed by atoms with Gasteiger partial charge in [0.25, 0.3) is 5.91 Å². The van der Waals surface area contributed by atoms with Crippen molar-refractivity contribution in [2.45, 2.75) is 23.7 Å². The molecule has 7 nitrogen and oxygen atoms in total. The molecule has 2 aromatic carbocycles. The first-order chi connectivity index (χ1) is 14.9. The molecule has 2 heterocycles. The van der Waals surface area contributed by atoms with E-state index < -0.39 is 15.8 Å². The molecule has 1 saturated heterocycles. The van der Waals surface area contributed by atoms with Gasteiger partial charge in [-0.05, 0) is 55.3 Å². The predicted octanol–water partition coefficient (Wildman–Crippen LogP) is 3.39. The lowest BCUT2D eigenvalue weighted by Crippen LogP contribution is -2.37. The molecule has 0 saturated carbocycles. The Morgan fingerprint density at radius 1 is 1.10 bits per heavy atom. The van der Waals surface area contributed by atoms with Crippen LogP contribution in [0.4, 0.5) is 10.1 Å². The van der Waals surface area contributed by atoms with E-state index in [-0.39, 0.29) is 16.7 Å². The van der Waals surface area contributed by atoms with E-state index in [0.29, 0.717) is 31.6 Å². The molecular weight excluding hydrogens is 419 g/mol. The average Bonchev–Trinajstić information content (AvgIpc) is 3.29. The number of carbonyl (C=O) groups excluding carboxylic acids is 1. The third kappa shape index (κ3) is 4.38. The standard InChI is InChI=1S/C22H23FN4O3S/c1-26(18-5-3-2-4-6-18)22(28)21-15-20(24-25-21)16-11-13-27(14-12-16)31(29,30)19-9-7-17(23)8-10-19/h2-10,15-16H,11-14H2,1H3,(H,24,25). The van der Waals surface area contributed by atoms with Crippen molar-refractivity contribution < 1.29 is 17.6 Å². The maximum Gasteiger partial charge on any atom is 0.278 e. The Hall–Kier alpha value is -3.04. The van der Waals surface area contributed by atoms with E-state index in [9.17, 15) is 17.6 Å². The predicted molar refractivity (Wildman–Crippen MR) is 115 cm³/mol. The summed E-state index contributed by atoms with van der Waals surface area (Å²) >= 11 is 0. The molecule has 4 rings (SSSR count). The van der Waals surface area contributed by atoms with Gasteiger partial charge in [0, 0.05) is 37.4 Å². The van der Waals surface area contributed by atoms with E-state index in [1.165, 1.54) is 21.3 Å². The van der Waals surface area contributed by atoms with E-state index in [4.69, 9.17) is 0 Å². The number of benzene rings is 2. The minimum absolute atomic E-state index is 0.0794. The first-order valence-corrected chi connectivity index (χ1v) is 11.4. The van der Waals surface area contributed by atoms with Crippen LogP contribution in [0.2, 0.25) is 0 Å². The van der Waals surface area contributed by atoms with Gasteiger partial charge in [-0.3, -0.25) is 9.89 Å². The third-order valence-corrected chi connectivity index (χ3v) is 7.52. The van der Waals surface area contributed by atoms with Crippen molar-refractivity contribution >= 4 is 21.6 Å². The number of nitrogens with zero attached hydrogens (tertiary/aromatic N) is 3. The molecule has 0 spiro atoms. The van der Waals surface area contributed by atoms with Crippen LogP contribution in [-0.4, -0.2) is 49.0 Å². The van der Waals surface area contributed by atoms with Crippen molar-refractivity contribution in [3.05, 3.63) is 77.9 Å². The highest BCUT2D eigenvalue weighted by Gasteiger charge is 2.31. The summed E-state index contributed by atoms with van der Waals surface area (Å²) < 4.78 is 40.1. The average molecular weight is 443 g/mol. The number of aromatic amines is 1. The van der Waals surface area contributed by atoms with Gasteiger partial charge >= 0.3 is 0 Å². The number of rotatable bonds is 5. The monoisotopic (exact) mass is 442 g/mol. The zero-order valence-corrected chi connectivity index (χ0v) is 17.8. The number of aromatic nitrogens is 2. The van der Waals surface area contributed by atoms with Gasteiger partial charge in [0.15, 0.2) is 5.69 Å². The van der Waals surface area contributed by atoms with Gasteiger partial charge in [-0.1, -0.05) is 18.2 Å². The van der Waals surface area contributed by atoms with Gasteiger partial charge in [-0.25, -0.2) is 12.8 Å². The summed E-state index contributed by atoms with van der Waals surface area (Å²) in [6, 6.07) is 15.9. The van der Waals surface area contributed by atoms with E-state index in [1.54, 1.807) is 13.1 Å². The maximum absolute atomic E-state index is 13.1. The van der Waals surface area contributed by atoms with Crippen LogP contribution in [0.1, 0.15) is 34.9 Å². The number of carbonyl (C=O) groups is 1. The quantitative estimate of drug-likeness (QED) is 0.656. The molecule has 0 unspecified atom stereocenters. The molecule has 162 valence electrons. The first-order valence-electron chi connectivity index (χ1n) is 10.0. The Morgan fingerprint density at radius 2 is 1.74 bits per heavy atom. The molecule has 1 N–H and O–H groups in total. The molecule has 9 heteroatoms. The number of piperidine rings is 1. The van der Waals surface area contributed by atoms with Gasteiger partial charge in [0.1, 0.15) is 5.82 Å². The maximum atomic E-state index is 13.1. The minimum Gasteiger partial charge on any atom is -0.310 e. The van der Waals surface area contributed by atoms with Crippen molar-refractivity contribution in [3.8, 4) is 0 Å². The molecule has 3 aromatic rings. The van der Waals surface area contributed by atoms with Crippen molar-refractivity contribution in [1.82, 2.24) is 14.5 Å². The number of halogens is 1. The lowest BCUT2D eigenvalue weighted by molar-refractivity contribution is 0.0988. The van der Waals surface area contributed by atoms with Gasteiger partial charge in [0.05, 0.1) is 4.90 Å². The van der Waals surface area contributed by atoms with Crippen LogP contribution in [0.3, 0.4) is 0 Å². The fourth-order valence-corrected chi connectivity index (χ4v) is 5.23. The fourth-order valence-electron chi connectivity index (χ4n) is 3.76. The molecule has 1 aliphatic rings. The second-order valence-corrected chi connectivity index (χ2v) is 9.48. The molecule has 1 amide bonds. The highest BCUT2D eigenvalue weighted by atomic mass is 32.2. The van der Waals surface area contributed by atoms with Gasteiger partial charge in [-0.15, -0.1) is 0 Å². The number of para-hydroxylation sites is 1. The number of hydrogen-bond acceptors (Lipinski definition) is 4. The SMILES string of the molecule is CN(C(=O)c1cc(C2CCN(S(=O)(=O)c3ccc(F)cc3)CC2)[nH]n1)c1ccccc1. The van der Waals surface area contributed by atoms with Crippen LogP contribution in [0.15, 0.2) is 65.6 Å². The molecular formula is C22H23FN4O3S. The summed E-state index contributed by atoms with van der Waals surface area (Å²) in [5.74, 6) is -0.610. The Bertz CT molecular complexity index is 1150. The second-order valence-electron chi connectivity index (χ2n) is 7.54. The molecule has 1 aliphatic heterocycles. The van der Waals surface area contributed by atoms with E-state index >= 15 is 0 Å². The van der Waals surface area contributed by atoms with Crippen LogP contribution < -0.4 is 4.90 Å². The highest BCUT2D eigenvalue weighted by molar-refractivity contribution is 7.89. The lowest BCUT2D eigenvalue weighted by Gasteiger charge is -2.30. The smallest absolute Gasteiger partial charge is 0.278 e. The molecule has 1 aromatic heterocycles. The zero-order valence-electron chi connectivity index (χ0n) is 17.0. The number of nitrogens with one attached hydrogen (secondary N) is 1. The third-order valence-electron chi connectivity index (χ3n) is 5.61. The molecule has 1 fully saturated rings. The van der Waals surface area contributed by atoms with Gasteiger partial charge in [-0.2, -0.15) is 9.40 Å². The van der Waals surface area contributed by atoms with Crippen LogP contribution in [0.5, 0.6) is 0 Å². The Labute approximate surface area is 180 Å². The largest absolute Gasteiger partial charge is 0.310 e. The van der Waals surface area contributed by atoms with Crippen molar-refractivity contribution in [2.24, 2.45) is 0 Å². The molecule has 0 bridgehead atoms.